The molecule has 0 unspecified atom stereocenters. The molecule has 3 N–H and O–H groups in total. The molecule has 0 aliphatic carbocycles. The fourth-order valence-electron chi connectivity index (χ4n) is 2.77. The van der Waals surface area contributed by atoms with E-state index in [0.717, 1.165) is 27.7 Å². The summed E-state index contributed by atoms with van der Waals surface area (Å²) in [4.78, 5) is 28.4. The van der Waals surface area contributed by atoms with Gasteiger partial charge in [-0.25, -0.2) is 0 Å². The van der Waals surface area contributed by atoms with Gasteiger partial charge in [0.05, 0.1) is 11.1 Å². The Morgan fingerprint density at radius 1 is 1.08 bits per heavy atom. The van der Waals surface area contributed by atoms with Gasteiger partial charge in [-0.15, -0.1) is 0 Å². The molecule has 2 amide bonds. The van der Waals surface area contributed by atoms with Crippen molar-refractivity contribution >= 4 is 22.7 Å². The topological polar surface area (TPSA) is 85.1 Å². The molecular weight excluding hydrogens is 314 g/mol. The minimum atomic E-state index is -0.487. The molecule has 2 aromatic carbocycles. The van der Waals surface area contributed by atoms with E-state index in [-0.39, 0.29) is 5.91 Å². The van der Waals surface area contributed by atoms with Crippen molar-refractivity contribution in [3.63, 3.8) is 0 Å². The van der Waals surface area contributed by atoms with Gasteiger partial charge in [0.2, 0.25) is 5.91 Å². The largest absolute Gasteiger partial charge is 0.366 e. The van der Waals surface area contributed by atoms with E-state index in [2.05, 4.69) is 10.3 Å². The van der Waals surface area contributed by atoms with E-state index < -0.39 is 5.91 Å². The summed E-state index contributed by atoms with van der Waals surface area (Å²) in [5.74, 6) is -0.662. The third kappa shape index (κ3) is 3.66. The summed E-state index contributed by atoms with van der Waals surface area (Å²) >= 11 is 0. The second-order valence-corrected chi connectivity index (χ2v) is 6.08. The van der Waals surface area contributed by atoms with Crippen LogP contribution in [0.1, 0.15) is 37.5 Å². The van der Waals surface area contributed by atoms with Crippen LogP contribution in [0.2, 0.25) is 0 Å². The zero-order chi connectivity index (χ0) is 18.0. The lowest BCUT2D eigenvalue weighted by atomic mass is 10.0. The highest BCUT2D eigenvalue weighted by atomic mass is 16.2. The number of fused-ring (bicyclic) bond motifs is 1. The molecule has 5 heteroatoms. The summed E-state index contributed by atoms with van der Waals surface area (Å²) in [6.45, 7) is 4.16. The lowest BCUT2D eigenvalue weighted by molar-refractivity contribution is 0.0951. The molecule has 0 atom stereocenters. The zero-order valence-corrected chi connectivity index (χ0v) is 14.2. The summed E-state index contributed by atoms with van der Waals surface area (Å²) in [5.41, 5.74) is 9.78. The van der Waals surface area contributed by atoms with Gasteiger partial charge in [0.15, 0.2) is 0 Å². The average Bonchev–Trinajstić information content (AvgIpc) is 2.59. The van der Waals surface area contributed by atoms with Crippen molar-refractivity contribution in [2.45, 2.75) is 20.4 Å². The fraction of sp³-hybridized carbons (Fsp3) is 0.150. The third-order valence-electron chi connectivity index (χ3n) is 4.00. The molecule has 126 valence electrons. The predicted molar refractivity (Wildman–Crippen MR) is 97.3 cm³/mol. The lowest BCUT2D eigenvalue weighted by Crippen LogP contribution is -2.23. The van der Waals surface area contributed by atoms with Crippen molar-refractivity contribution in [2.24, 2.45) is 5.73 Å². The van der Waals surface area contributed by atoms with Crippen LogP contribution < -0.4 is 11.1 Å². The first-order valence-corrected chi connectivity index (χ1v) is 7.99. The standard InChI is InChI=1S/C20H19N3O2/c1-12-6-7-18-16(8-12)17(9-13(2)23-18)20(25)22-11-14-4-3-5-15(10-14)19(21)24/h3-10H,11H2,1-2H3,(H2,21,24)(H,22,25). The molecule has 25 heavy (non-hydrogen) atoms. The van der Waals surface area contributed by atoms with Crippen molar-refractivity contribution in [3.05, 3.63) is 76.5 Å². The van der Waals surface area contributed by atoms with Crippen molar-refractivity contribution in [2.75, 3.05) is 0 Å². The number of nitrogens with two attached hydrogens (primary N) is 1. The minimum Gasteiger partial charge on any atom is -0.366 e. The quantitative estimate of drug-likeness (QED) is 0.770. The molecule has 0 spiro atoms. The number of nitrogens with zero attached hydrogens (tertiary/aromatic N) is 1. The van der Waals surface area contributed by atoms with E-state index in [9.17, 15) is 9.59 Å². The van der Waals surface area contributed by atoms with Gasteiger partial charge in [0.25, 0.3) is 5.91 Å². The van der Waals surface area contributed by atoms with Crippen LogP contribution in [0.15, 0.2) is 48.5 Å². The van der Waals surface area contributed by atoms with Gasteiger partial charge in [-0.05, 0) is 49.7 Å². The Labute approximate surface area is 145 Å². The molecule has 1 aromatic heterocycles. The van der Waals surface area contributed by atoms with Gasteiger partial charge in [0, 0.05) is 23.2 Å². The molecule has 0 saturated carbocycles. The number of carbonyl (C=O) groups excluding carboxylic acids is 2. The normalized spacial score (nSPS) is 10.6. The number of nitrogens with one attached hydrogen (secondary N) is 1. The van der Waals surface area contributed by atoms with Crippen LogP contribution >= 0.6 is 0 Å². The van der Waals surface area contributed by atoms with Crippen LogP contribution in [-0.2, 0) is 6.54 Å². The molecule has 1 heterocycles. The summed E-state index contributed by atoms with van der Waals surface area (Å²) in [7, 11) is 0. The Balaban J connectivity index is 1.86. The lowest BCUT2D eigenvalue weighted by Gasteiger charge is -2.10. The highest BCUT2D eigenvalue weighted by Crippen LogP contribution is 2.20. The third-order valence-corrected chi connectivity index (χ3v) is 4.00. The summed E-state index contributed by atoms with van der Waals surface area (Å²) in [5, 5.41) is 3.73. The van der Waals surface area contributed by atoms with Crippen LogP contribution in [0.5, 0.6) is 0 Å². The number of carbonyl (C=O) groups is 2. The van der Waals surface area contributed by atoms with Crippen LogP contribution in [0.25, 0.3) is 10.9 Å². The molecule has 0 aliphatic rings. The highest BCUT2D eigenvalue weighted by Gasteiger charge is 2.12. The second-order valence-electron chi connectivity index (χ2n) is 6.08. The molecule has 0 bridgehead atoms. The van der Waals surface area contributed by atoms with Crippen molar-refractivity contribution in [3.8, 4) is 0 Å². The number of primary amides is 1. The predicted octanol–water partition coefficient (Wildman–Crippen LogP) is 2.88. The highest BCUT2D eigenvalue weighted by molar-refractivity contribution is 6.06. The first-order valence-electron chi connectivity index (χ1n) is 7.99. The number of hydrogen-bond donors (Lipinski definition) is 2. The number of benzene rings is 2. The zero-order valence-electron chi connectivity index (χ0n) is 14.2. The number of aryl methyl sites for hydroxylation is 2. The maximum atomic E-state index is 12.7. The van der Waals surface area contributed by atoms with Gasteiger partial charge in [-0.2, -0.15) is 0 Å². The number of amides is 2. The average molecular weight is 333 g/mol. The van der Waals surface area contributed by atoms with E-state index in [1.54, 1.807) is 24.3 Å². The Morgan fingerprint density at radius 2 is 1.88 bits per heavy atom. The second kappa shape index (κ2) is 6.73. The van der Waals surface area contributed by atoms with Crippen molar-refractivity contribution < 1.29 is 9.59 Å². The minimum absolute atomic E-state index is 0.175. The number of pyridine rings is 1. The van der Waals surface area contributed by atoms with Gasteiger partial charge >= 0.3 is 0 Å². The maximum absolute atomic E-state index is 12.7. The van der Waals surface area contributed by atoms with Gasteiger partial charge in [-0.1, -0.05) is 23.8 Å². The Kier molecular flexibility index (Phi) is 4.48. The van der Waals surface area contributed by atoms with Crippen LogP contribution in [-0.4, -0.2) is 16.8 Å². The van der Waals surface area contributed by atoms with Crippen LogP contribution in [0, 0.1) is 13.8 Å². The van der Waals surface area contributed by atoms with Gasteiger partial charge < -0.3 is 11.1 Å². The number of hydrogen-bond acceptors (Lipinski definition) is 3. The molecule has 0 aliphatic heterocycles. The first kappa shape index (κ1) is 16.6. The molecule has 0 saturated heterocycles. The molecule has 5 nitrogen and oxygen atoms in total. The monoisotopic (exact) mass is 333 g/mol. The van der Waals surface area contributed by atoms with E-state index in [1.807, 2.05) is 38.1 Å². The smallest absolute Gasteiger partial charge is 0.252 e. The number of aromatic nitrogens is 1. The Morgan fingerprint density at radius 3 is 2.64 bits per heavy atom. The SMILES string of the molecule is Cc1ccc2nc(C)cc(C(=O)NCc3cccc(C(N)=O)c3)c2c1. The van der Waals surface area contributed by atoms with E-state index in [1.165, 1.54) is 0 Å². The van der Waals surface area contributed by atoms with E-state index in [4.69, 9.17) is 5.73 Å². The summed E-state index contributed by atoms with van der Waals surface area (Å²) in [6, 6.07) is 14.6. The molecule has 0 radical (unpaired) electrons. The maximum Gasteiger partial charge on any atom is 0.252 e. The Hall–Kier alpha value is -3.21. The van der Waals surface area contributed by atoms with Gasteiger partial charge in [0.1, 0.15) is 0 Å². The summed E-state index contributed by atoms with van der Waals surface area (Å²) < 4.78 is 0. The van der Waals surface area contributed by atoms with Gasteiger partial charge in [-0.3, -0.25) is 14.6 Å². The van der Waals surface area contributed by atoms with E-state index >= 15 is 0 Å². The summed E-state index contributed by atoms with van der Waals surface area (Å²) in [6.07, 6.45) is 0. The molecule has 3 aromatic rings. The van der Waals surface area contributed by atoms with E-state index in [0.29, 0.717) is 17.7 Å². The molecular formula is C20H19N3O2. The van der Waals surface area contributed by atoms with Crippen LogP contribution in [0.4, 0.5) is 0 Å². The molecule has 3 rings (SSSR count). The first-order chi connectivity index (χ1) is 11.9. The fourth-order valence-corrected chi connectivity index (χ4v) is 2.77. The molecule has 0 fully saturated rings. The van der Waals surface area contributed by atoms with Crippen molar-refractivity contribution in [1.82, 2.24) is 10.3 Å². The van der Waals surface area contributed by atoms with Crippen LogP contribution in [0.3, 0.4) is 0 Å². The van der Waals surface area contributed by atoms with Crippen molar-refractivity contribution in [1.29, 1.82) is 0 Å². The number of rotatable bonds is 4. The Bertz CT molecular complexity index is 980.